The predicted octanol–water partition coefficient (Wildman–Crippen LogP) is 4.45. The SMILES string of the molecule is CC(C)c1cccc(C(C)C)c1OCC1CCCCN1. The van der Waals surface area contributed by atoms with E-state index in [2.05, 4.69) is 51.2 Å². The highest BCUT2D eigenvalue weighted by Gasteiger charge is 2.18. The van der Waals surface area contributed by atoms with Crippen molar-refractivity contribution in [3.63, 3.8) is 0 Å². The summed E-state index contributed by atoms with van der Waals surface area (Å²) in [5.41, 5.74) is 2.68. The zero-order valence-corrected chi connectivity index (χ0v) is 13.4. The van der Waals surface area contributed by atoms with Crippen LogP contribution in [0.25, 0.3) is 0 Å². The molecule has 2 heteroatoms. The van der Waals surface area contributed by atoms with E-state index in [0.29, 0.717) is 17.9 Å². The smallest absolute Gasteiger partial charge is 0.126 e. The molecule has 1 N–H and O–H groups in total. The molecule has 2 rings (SSSR count). The fourth-order valence-corrected chi connectivity index (χ4v) is 2.90. The quantitative estimate of drug-likeness (QED) is 0.857. The van der Waals surface area contributed by atoms with E-state index < -0.39 is 0 Å². The van der Waals surface area contributed by atoms with E-state index in [0.717, 1.165) is 18.9 Å². The van der Waals surface area contributed by atoms with E-state index >= 15 is 0 Å². The Morgan fingerprint density at radius 1 is 1.10 bits per heavy atom. The summed E-state index contributed by atoms with van der Waals surface area (Å²) >= 11 is 0. The largest absolute Gasteiger partial charge is 0.491 e. The van der Waals surface area contributed by atoms with Gasteiger partial charge in [-0.3, -0.25) is 0 Å². The predicted molar refractivity (Wildman–Crippen MR) is 85.8 cm³/mol. The first-order valence-corrected chi connectivity index (χ1v) is 8.08. The molecule has 1 atom stereocenters. The van der Waals surface area contributed by atoms with Crippen LogP contribution in [0.1, 0.15) is 69.9 Å². The molecule has 1 saturated heterocycles. The Balaban J connectivity index is 2.14. The number of nitrogens with one attached hydrogen (secondary N) is 1. The second kappa shape index (κ2) is 7.12. The van der Waals surface area contributed by atoms with Gasteiger partial charge in [-0.05, 0) is 42.3 Å². The molecule has 1 aliphatic rings. The number of ether oxygens (including phenoxy) is 1. The molecule has 0 aliphatic carbocycles. The van der Waals surface area contributed by atoms with Gasteiger partial charge in [-0.15, -0.1) is 0 Å². The van der Waals surface area contributed by atoms with Crippen LogP contribution >= 0.6 is 0 Å². The molecule has 0 bridgehead atoms. The lowest BCUT2D eigenvalue weighted by molar-refractivity contribution is 0.234. The fraction of sp³-hybridized carbons (Fsp3) is 0.667. The van der Waals surface area contributed by atoms with Crippen molar-refractivity contribution in [1.82, 2.24) is 5.32 Å². The standard InChI is InChI=1S/C18H29NO/c1-13(2)16-9-7-10-17(14(3)4)18(16)20-12-15-8-5-6-11-19-15/h7,9-10,13-15,19H,5-6,8,11-12H2,1-4H3. The van der Waals surface area contributed by atoms with Crippen LogP contribution in [-0.2, 0) is 0 Å². The Morgan fingerprint density at radius 2 is 1.75 bits per heavy atom. The Hall–Kier alpha value is -1.02. The van der Waals surface area contributed by atoms with Gasteiger partial charge in [0, 0.05) is 6.04 Å². The number of hydrogen-bond donors (Lipinski definition) is 1. The molecule has 112 valence electrons. The molecule has 1 aliphatic heterocycles. The molecule has 0 saturated carbocycles. The Kier molecular flexibility index (Phi) is 5.47. The molecule has 1 unspecified atom stereocenters. The summed E-state index contributed by atoms with van der Waals surface area (Å²) < 4.78 is 6.27. The lowest BCUT2D eigenvalue weighted by Gasteiger charge is -2.26. The van der Waals surface area contributed by atoms with Gasteiger partial charge in [-0.2, -0.15) is 0 Å². The number of para-hydroxylation sites is 1. The first-order chi connectivity index (χ1) is 9.59. The van der Waals surface area contributed by atoms with Crippen LogP contribution < -0.4 is 10.1 Å². The van der Waals surface area contributed by atoms with Gasteiger partial charge in [-0.25, -0.2) is 0 Å². The third-order valence-corrected chi connectivity index (χ3v) is 4.16. The van der Waals surface area contributed by atoms with Gasteiger partial charge < -0.3 is 10.1 Å². The highest BCUT2D eigenvalue weighted by molar-refractivity contribution is 5.44. The van der Waals surface area contributed by atoms with Crippen molar-refractivity contribution < 1.29 is 4.74 Å². The Labute approximate surface area is 123 Å². The molecule has 2 nitrogen and oxygen atoms in total. The molecule has 0 spiro atoms. The number of hydrogen-bond acceptors (Lipinski definition) is 2. The van der Waals surface area contributed by atoms with Gasteiger partial charge in [0.1, 0.15) is 12.4 Å². The normalized spacial score (nSPS) is 19.6. The van der Waals surface area contributed by atoms with E-state index in [1.165, 1.54) is 30.4 Å². The van der Waals surface area contributed by atoms with Crippen LogP contribution in [0.5, 0.6) is 5.75 Å². The second-order valence-corrected chi connectivity index (χ2v) is 6.53. The van der Waals surface area contributed by atoms with Crippen molar-refractivity contribution in [3.8, 4) is 5.75 Å². The lowest BCUT2D eigenvalue weighted by atomic mass is 9.94. The second-order valence-electron chi connectivity index (χ2n) is 6.53. The zero-order chi connectivity index (χ0) is 14.5. The van der Waals surface area contributed by atoms with Crippen LogP contribution in [0.2, 0.25) is 0 Å². The summed E-state index contributed by atoms with van der Waals surface area (Å²) in [5.74, 6) is 2.14. The van der Waals surface area contributed by atoms with Gasteiger partial charge in [0.15, 0.2) is 0 Å². The summed E-state index contributed by atoms with van der Waals surface area (Å²) in [5, 5.41) is 3.56. The van der Waals surface area contributed by atoms with Crippen molar-refractivity contribution in [1.29, 1.82) is 0 Å². The summed E-state index contributed by atoms with van der Waals surface area (Å²) in [6, 6.07) is 7.10. The molecule has 1 fully saturated rings. The minimum Gasteiger partial charge on any atom is -0.491 e. The van der Waals surface area contributed by atoms with Crippen molar-refractivity contribution in [2.75, 3.05) is 13.2 Å². The van der Waals surface area contributed by atoms with E-state index in [1.807, 2.05) is 0 Å². The monoisotopic (exact) mass is 275 g/mol. The minimum atomic E-state index is 0.503. The van der Waals surface area contributed by atoms with E-state index in [-0.39, 0.29) is 0 Å². The molecular formula is C18H29NO. The van der Waals surface area contributed by atoms with Gasteiger partial charge >= 0.3 is 0 Å². The number of rotatable bonds is 5. The number of piperidine rings is 1. The van der Waals surface area contributed by atoms with Gasteiger partial charge in [-0.1, -0.05) is 52.3 Å². The van der Waals surface area contributed by atoms with E-state index in [9.17, 15) is 0 Å². The molecule has 1 aromatic carbocycles. The summed E-state index contributed by atoms with van der Waals surface area (Å²) in [4.78, 5) is 0. The average Bonchev–Trinajstić information content (AvgIpc) is 2.45. The highest BCUT2D eigenvalue weighted by atomic mass is 16.5. The summed E-state index contributed by atoms with van der Waals surface area (Å²) in [6.45, 7) is 10.9. The molecule has 0 aromatic heterocycles. The maximum atomic E-state index is 6.27. The third kappa shape index (κ3) is 3.76. The molecule has 20 heavy (non-hydrogen) atoms. The molecule has 1 aromatic rings. The molecule has 0 amide bonds. The van der Waals surface area contributed by atoms with Gasteiger partial charge in [0.2, 0.25) is 0 Å². The maximum Gasteiger partial charge on any atom is 0.126 e. The topological polar surface area (TPSA) is 21.3 Å². The van der Waals surface area contributed by atoms with E-state index in [4.69, 9.17) is 4.74 Å². The fourth-order valence-electron chi connectivity index (χ4n) is 2.90. The van der Waals surface area contributed by atoms with Gasteiger partial charge in [0.25, 0.3) is 0 Å². The van der Waals surface area contributed by atoms with Gasteiger partial charge in [0.05, 0.1) is 0 Å². The molecule has 0 radical (unpaired) electrons. The van der Waals surface area contributed by atoms with E-state index in [1.54, 1.807) is 0 Å². The first kappa shape index (κ1) is 15.4. The molecule has 1 heterocycles. The van der Waals surface area contributed by atoms with Crippen molar-refractivity contribution in [3.05, 3.63) is 29.3 Å². The Morgan fingerprint density at radius 3 is 2.25 bits per heavy atom. The van der Waals surface area contributed by atoms with Crippen molar-refractivity contribution >= 4 is 0 Å². The van der Waals surface area contributed by atoms with Crippen LogP contribution in [0.15, 0.2) is 18.2 Å². The highest BCUT2D eigenvalue weighted by Crippen LogP contribution is 2.34. The van der Waals surface area contributed by atoms with Crippen molar-refractivity contribution in [2.45, 2.75) is 64.8 Å². The zero-order valence-electron chi connectivity index (χ0n) is 13.4. The first-order valence-electron chi connectivity index (χ1n) is 8.08. The Bertz CT molecular complexity index is 393. The number of benzene rings is 1. The van der Waals surface area contributed by atoms with Crippen LogP contribution in [-0.4, -0.2) is 19.2 Å². The average molecular weight is 275 g/mol. The summed E-state index contributed by atoms with van der Waals surface area (Å²) in [6.07, 6.45) is 3.86. The molecular weight excluding hydrogens is 246 g/mol. The summed E-state index contributed by atoms with van der Waals surface area (Å²) in [7, 11) is 0. The lowest BCUT2D eigenvalue weighted by Crippen LogP contribution is -2.38. The maximum absolute atomic E-state index is 6.27. The van der Waals surface area contributed by atoms with Crippen molar-refractivity contribution in [2.24, 2.45) is 0 Å². The van der Waals surface area contributed by atoms with Crippen LogP contribution in [0, 0.1) is 0 Å². The van der Waals surface area contributed by atoms with Crippen LogP contribution in [0.3, 0.4) is 0 Å². The van der Waals surface area contributed by atoms with Crippen LogP contribution in [0.4, 0.5) is 0 Å². The minimum absolute atomic E-state index is 0.503. The third-order valence-electron chi connectivity index (χ3n) is 4.16.